The van der Waals surface area contributed by atoms with Crippen LogP contribution in [0.1, 0.15) is 41.4 Å². The van der Waals surface area contributed by atoms with Crippen LogP contribution in [-0.2, 0) is 19.2 Å². The lowest BCUT2D eigenvalue weighted by molar-refractivity contribution is -0.138. The summed E-state index contributed by atoms with van der Waals surface area (Å²) in [6, 6.07) is 22.1. The molecule has 2 saturated heterocycles. The molecular weight excluding hydrogens is 468 g/mol. The Morgan fingerprint density at radius 3 is 1.95 bits per heavy atom. The van der Waals surface area contributed by atoms with Crippen molar-refractivity contribution < 1.29 is 23.9 Å². The standard InChI is InChI=1S/C30H26N2O5/c1-17-7-11-19(12-8-17)37-20-13-9-18(10-14-20)32-29(35)25-15-23(24-16-26(33)31(2)28(24)34)21-5-3-4-6-22(21)27(25)30(32)36/h3-14,23-25,27H,15-16H2,1-2H3. The van der Waals surface area contributed by atoms with Gasteiger partial charge in [0.25, 0.3) is 0 Å². The maximum Gasteiger partial charge on any atom is 0.242 e. The Hall–Kier alpha value is -4.26. The number of ether oxygens (including phenoxy) is 1. The van der Waals surface area contributed by atoms with E-state index in [9.17, 15) is 19.2 Å². The van der Waals surface area contributed by atoms with Crippen molar-refractivity contribution in [2.75, 3.05) is 11.9 Å². The van der Waals surface area contributed by atoms with E-state index in [0.29, 0.717) is 23.6 Å². The first kappa shape index (κ1) is 23.2. The molecule has 2 heterocycles. The molecule has 4 atom stereocenters. The molecule has 0 saturated carbocycles. The van der Waals surface area contributed by atoms with Crippen LogP contribution in [0.3, 0.4) is 0 Å². The largest absolute Gasteiger partial charge is 0.457 e. The Morgan fingerprint density at radius 2 is 1.32 bits per heavy atom. The lowest BCUT2D eigenvalue weighted by atomic mass is 9.67. The molecule has 3 aromatic carbocycles. The van der Waals surface area contributed by atoms with Gasteiger partial charge >= 0.3 is 0 Å². The van der Waals surface area contributed by atoms with Gasteiger partial charge < -0.3 is 4.74 Å². The van der Waals surface area contributed by atoms with Crippen molar-refractivity contribution in [2.24, 2.45) is 11.8 Å². The topological polar surface area (TPSA) is 84.0 Å². The lowest BCUT2D eigenvalue weighted by Crippen LogP contribution is -2.33. The summed E-state index contributed by atoms with van der Waals surface area (Å²) in [5, 5.41) is 0. The van der Waals surface area contributed by atoms with Crippen LogP contribution in [0.4, 0.5) is 5.69 Å². The molecule has 186 valence electrons. The Morgan fingerprint density at radius 1 is 0.703 bits per heavy atom. The van der Waals surface area contributed by atoms with E-state index >= 15 is 0 Å². The summed E-state index contributed by atoms with van der Waals surface area (Å²) in [4.78, 5) is 54.9. The summed E-state index contributed by atoms with van der Waals surface area (Å²) in [6.07, 6.45) is 0.481. The summed E-state index contributed by atoms with van der Waals surface area (Å²) in [7, 11) is 1.50. The summed E-state index contributed by atoms with van der Waals surface area (Å²) in [6.45, 7) is 2.00. The summed E-state index contributed by atoms with van der Waals surface area (Å²) >= 11 is 0. The second kappa shape index (κ2) is 8.69. The molecule has 0 aromatic heterocycles. The molecule has 7 heteroatoms. The third-order valence-electron chi connectivity index (χ3n) is 7.92. The highest BCUT2D eigenvalue weighted by Crippen LogP contribution is 2.52. The zero-order chi connectivity index (χ0) is 25.8. The number of amides is 4. The molecular formula is C30H26N2O5. The van der Waals surface area contributed by atoms with E-state index in [2.05, 4.69) is 0 Å². The second-order valence-corrected chi connectivity index (χ2v) is 10.1. The van der Waals surface area contributed by atoms with Crippen LogP contribution in [0.5, 0.6) is 11.5 Å². The molecule has 4 unspecified atom stereocenters. The van der Waals surface area contributed by atoms with Crippen molar-refractivity contribution in [3.63, 3.8) is 0 Å². The highest BCUT2D eigenvalue weighted by atomic mass is 16.5. The Kier molecular flexibility index (Phi) is 5.44. The molecule has 4 amide bonds. The van der Waals surface area contributed by atoms with Gasteiger partial charge in [-0.1, -0.05) is 42.0 Å². The van der Waals surface area contributed by atoms with Gasteiger partial charge in [0, 0.05) is 13.5 Å². The monoisotopic (exact) mass is 494 g/mol. The molecule has 3 aromatic rings. The number of carbonyl (C=O) groups is 4. The van der Waals surface area contributed by atoms with Crippen molar-refractivity contribution in [2.45, 2.75) is 31.6 Å². The molecule has 0 radical (unpaired) electrons. The highest BCUT2D eigenvalue weighted by Gasteiger charge is 2.55. The fourth-order valence-electron chi connectivity index (χ4n) is 5.99. The molecule has 6 rings (SSSR count). The van der Waals surface area contributed by atoms with Crippen molar-refractivity contribution in [1.82, 2.24) is 4.90 Å². The minimum Gasteiger partial charge on any atom is -0.457 e. The third-order valence-corrected chi connectivity index (χ3v) is 7.92. The average Bonchev–Trinajstić information content (AvgIpc) is 3.31. The number of fused-ring (bicyclic) bond motifs is 3. The molecule has 2 aliphatic heterocycles. The number of carbonyl (C=O) groups excluding carboxylic acids is 4. The Labute approximate surface area is 214 Å². The van der Waals surface area contributed by atoms with Crippen molar-refractivity contribution >= 4 is 29.3 Å². The fraction of sp³-hybridized carbons (Fsp3) is 0.267. The molecule has 0 N–H and O–H groups in total. The maximum absolute atomic E-state index is 13.7. The zero-order valence-electron chi connectivity index (χ0n) is 20.6. The molecule has 0 spiro atoms. The van der Waals surface area contributed by atoms with Gasteiger partial charge in [0.15, 0.2) is 0 Å². The van der Waals surface area contributed by atoms with Crippen molar-refractivity contribution in [1.29, 1.82) is 0 Å². The molecule has 2 fully saturated rings. The highest BCUT2D eigenvalue weighted by molar-refractivity contribution is 6.24. The van der Waals surface area contributed by atoms with Gasteiger partial charge in [-0.3, -0.25) is 24.1 Å². The summed E-state index contributed by atoms with van der Waals surface area (Å²) in [5.74, 6) is -1.66. The molecule has 3 aliphatic rings. The van der Waals surface area contributed by atoms with E-state index in [0.717, 1.165) is 16.7 Å². The average molecular weight is 495 g/mol. The van der Waals surface area contributed by atoms with Crippen LogP contribution < -0.4 is 9.64 Å². The smallest absolute Gasteiger partial charge is 0.242 e. The Bertz CT molecular complexity index is 1430. The van der Waals surface area contributed by atoms with Crippen molar-refractivity contribution in [3.05, 3.63) is 89.5 Å². The minimum atomic E-state index is -0.603. The number of hydrogen-bond donors (Lipinski definition) is 0. The van der Waals surface area contributed by atoms with Gasteiger partial charge in [-0.15, -0.1) is 0 Å². The minimum absolute atomic E-state index is 0.125. The fourth-order valence-corrected chi connectivity index (χ4v) is 5.99. The summed E-state index contributed by atoms with van der Waals surface area (Å²) in [5.41, 5.74) is 3.28. The maximum atomic E-state index is 13.7. The van der Waals surface area contributed by atoms with Crippen LogP contribution in [0, 0.1) is 18.8 Å². The number of anilines is 1. The number of imide groups is 2. The zero-order valence-corrected chi connectivity index (χ0v) is 20.6. The van der Waals surface area contributed by atoms with Gasteiger partial charge in [0.2, 0.25) is 23.6 Å². The lowest BCUT2D eigenvalue weighted by Gasteiger charge is -2.34. The van der Waals surface area contributed by atoms with Gasteiger partial charge in [0.05, 0.1) is 23.4 Å². The van der Waals surface area contributed by atoms with Crippen LogP contribution in [0.25, 0.3) is 0 Å². The molecule has 37 heavy (non-hydrogen) atoms. The summed E-state index contributed by atoms with van der Waals surface area (Å²) < 4.78 is 5.89. The third kappa shape index (κ3) is 3.73. The number of hydrogen-bond acceptors (Lipinski definition) is 5. The van der Waals surface area contributed by atoms with Gasteiger partial charge in [-0.05, 0) is 66.8 Å². The number of rotatable bonds is 4. The second-order valence-electron chi connectivity index (χ2n) is 10.1. The van der Waals surface area contributed by atoms with E-state index < -0.39 is 17.8 Å². The van der Waals surface area contributed by atoms with Gasteiger partial charge in [-0.25, -0.2) is 4.90 Å². The first-order valence-electron chi connectivity index (χ1n) is 12.4. The van der Waals surface area contributed by atoms with Crippen LogP contribution >= 0.6 is 0 Å². The van der Waals surface area contributed by atoms with E-state index in [1.54, 1.807) is 24.3 Å². The number of benzene rings is 3. The van der Waals surface area contributed by atoms with E-state index in [1.807, 2.05) is 55.5 Å². The predicted molar refractivity (Wildman–Crippen MR) is 136 cm³/mol. The molecule has 0 bridgehead atoms. The number of likely N-dealkylation sites (tertiary alicyclic amines) is 1. The SMILES string of the molecule is Cc1ccc(Oc2ccc(N3C(=O)C4CC(C5CC(=O)N(C)C5=O)c5ccccc5C4C3=O)cc2)cc1. The normalized spacial score (nSPS) is 24.9. The van der Waals surface area contributed by atoms with Gasteiger partial charge in [-0.2, -0.15) is 0 Å². The number of aryl methyl sites for hydroxylation is 1. The predicted octanol–water partition coefficient (Wildman–Crippen LogP) is 4.55. The van der Waals surface area contributed by atoms with E-state index in [-0.39, 0.29) is 36.0 Å². The van der Waals surface area contributed by atoms with Crippen LogP contribution in [0.2, 0.25) is 0 Å². The quantitative estimate of drug-likeness (QED) is 0.497. The Balaban J connectivity index is 1.29. The van der Waals surface area contributed by atoms with Crippen LogP contribution in [-0.4, -0.2) is 35.6 Å². The van der Waals surface area contributed by atoms with Gasteiger partial charge in [0.1, 0.15) is 11.5 Å². The first-order chi connectivity index (χ1) is 17.8. The van der Waals surface area contributed by atoms with Crippen molar-refractivity contribution in [3.8, 4) is 11.5 Å². The molecule has 7 nitrogen and oxygen atoms in total. The van der Waals surface area contributed by atoms with E-state index in [1.165, 1.54) is 16.8 Å². The molecule has 1 aliphatic carbocycles. The first-order valence-corrected chi connectivity index (χ1v) is 12.4. The number of nitrogens with zero attached hydrogens (tertiary/aromatic N) is 2. The van der Waals surface area contributed by atoms with Crippen LogP contribution in [0.15, 0.2) is 72.8 Å². The van der Waals surface area contributed by atoms with E-state index in [4.69, 9.17) is 4.74 Å².